The van der Waals surface area contributed by atoms with Gasteiger partial charge in [-0.3, -0.25) is 5.10 Å². The second-order valence-electron chi connectivity index (χ2n) is 9.86. The van der Waals surface area contributed by atoms with E-state index in [2.05, 4.69) is 79.1 Å². The molecule has 0 atom stereocenters. The van der Waals surface area contributed by atoms with Crippen LogP contribution in [0.15, 0.2) is 174 Å². The largest absolute Gasteiger partial charge is 0.464 e. The fourth-order valence-corrected chi connectivity index (χ4v) is 5.36. The lowest BCUT2D eigenvalue weighted by molar-refractivity contribution is 0.616. The number of benzene rings is 5. The van der Waals surface area contributed by atoms with E-state index < -0.39 is 0 Å². The summed E-state index contributed by atoms with van der Waals surface area (Å²) in [4.78, 5) is 10.2. The predicted octanol–water partition coefficient (Wildman–Crippen LogP) is 10.6. The lowest BCUT2D eigenvalue weighted by Gasteiger charge is -1.83. The van der Waals surface area contributed by atoms with Gasteiger partial charge in [0.15, 0.2) is 0 Å². The number of hydrogen-bond acceptors (Lipinski definition) is 4. The molecule has 0 unspecified atom stereocenters. The summed E-state index contributed by atoms with van der Waals surface area (Å²) in [7, 11) is 0. The molecule has 0 spiro atoms. The van der Waals surface area contributed by atoms with Gasteiger partial charge in [-0.25, -0.2) is 4.98 Å². The molecular weight excluding hydrogens is 575 g/mol. The zero-order chi connectivity index (χ0) is 30.5. The monoisotopic (exact) mass is 605 g/mol. The van der Waals surface area contributed by atoms with Crippen LogP contribution < -0.4 is 0 Å². The van der Waals surface area contributed by atoms with Gasteiger partial charge in [-0.05, 0) is 70.7 Å². The molecule has 5 heterocycles. The molecule has 0 saturated heterocycles. The predicted molar refractivity (Wildman–Crippen MR) is 189 cm³/mol. The van der Waals surface area contributed by atoms with Gasteiger partial charge in [0, 0.05) is 27.2 Å². The van der Waals surface area contributed by atoms with Crippen LogP contribution in [0, 0.1) is 0 Å². The fourth-order valence-electron chi connectivity index (χ4n) is 4.57. The molecule has 0 saturated carbocycles. The second-order valence-corrected chi connectivity index (χ2v) is 10.8. The quantitative estimate of drug-likeness (QED) is 0.161. The van der Waals surface area contributed by atoms with E-state index in [0.717, 1.165) is 32.9 Å². The maximum atomic E-state index is 5.12. The molecule has 0 amide bonds. The van der Waals surface area contributed by atoms with Crippen molar-refractivity contribution < 1.29 is 4.42 Å². The average molecular weight is 606 g/mol. The second kappa shape index (κ2) is 15.0. The van der Waals surface area contributed by atoms with E-state index in [1.165, 1.54) is 21.0 Å². The minimum atomic E-state index is 0.956. The van der Waals surface area contributed by atoms with Gasteiger partial charge in [-0.2, -0.15) is 5.10 Å². The van der Waals surface area contributed by atoms with Gasteiger partial charge in [0.2, 0.25) is 0 Å². The van der Waals surface area contributed by atoms with E-state index in [4.69, 9.17) is 4.42 Å². The number of thiophene rings is 1. The molecule has 220 valence electrons. The maximum Gasteiger partial charge on any atom is 0.133 e. The molecule has 6 nitrogen and oxygen atoms in total. The van der Waals surface area contributed by atoms with Crippen LogP contribution in [-0.2, 0) is 0 Å². The summed E-state index contributed by atoms with van der Waals surface area (Å²) >= 11 is 1.79. The molecule has 5 aromatic carbocycles. The van der Waals surface area contributed by atoms with Crippen molar-refractivity contribution in [3.8, 4) is 0 Å². The number of nitrogens with zero attached hydrogens (tertiary/aromatic N) is 2. The first-order chi connectivity index (χ1) is 22.3. The fraction of sp³-hybridized carbons (Fsp3) is 0. The molecule has 0 bridgehead atoms. The zero-order valence-electron chi connectivity index (χ0n) is 24.4. The van der Waals surface area contributed by atoms with Crippen LogP contribution in [0.5, 0.6) is 0 Å². The van der Waals surface area contributed by atoms with Crippen molar-refractivity contribution in [3.63, 3.8) is 0 Å². The standard InChI is InChI=1S/C8H7N.C8H6O.C8H6S.2C7H6N2/c3*1-2-4-8-7(3-1)5-6-9-8;1-2-4-7-6(3-1)8-5-9-7;1-2-4-7-6(3-1)5-8-9-7/h1-6,9H;2*1-6H;2*1-5H,(H,8,9). The van der Waals surface area contributed by atoms with E-state index in [1.54, 1.807) is 23.9 Å². The van der Waals surface area contributed by atoms with E-state index >= 15 is 0 Å². The topological polar surface area (TPSA) is 86.3 Å². The number of H-pyrrole nitrogens is 3. The van der Waals surface area contributed by atoms with Crippen molar-refractivity contribution in [2.24, 2.45) is 0 Å². The molecule has 0 aliphatic carbocycles. The highest BCUT2D eigenvalue weighted by Crippen LogP contribution is 2.19. The van der Waals surface area contributed by atoms with Crippen molar-refractivity contribution >= 4 is 65.2 Å². The zero-order valence-corrected chi connectivity index (χ0v) is 25.2. The number of rotatable bonds is 0. The first-order valence-electron chi connectivity index (χ1n) is 14.5. The Morgan fingerprint density at radius 3 is 2.00 bits per heavy atom. The van der Waals surface area contributed by atoms with Crippen molar-refractivity contribution in [1.82, 2.24) is 25.1 Å². The normalized spacial score (nSPS) is 10.2. The van der Waals surface area contributed by atoms with Crippen LogP contribution in [0.25, 0.3) is 53.9 Å². The Labute approximate surface area is 264 Å². The third kappa shape index (κ3) is 7.93. The number of furan rings is 1. The molecule has 0 aliphatic heterocycles. The summed E-state index contributed by atoms with van der Waals surface area (Å²) in [6.45, 7) is 0. The van der Waals surface area contributed by atoms with Crippen LogP contribution in [0.4, 0.5) is 0 Å². The number of nitrogens with one attached hydrogen (secondary N) is 3. The highest BCUT2D eigenvalue weighted by molar-refractivity contribution is 7.17. The smallest absolute Gasteiger partial charge is 0.133 e. The molecule has 45 heavy (non-hydrogen) atoms. The van der Waals surface area contributed by atoms with Crippen LogP contribution in [-0.4, -0.2) is 25.1 Å². The summed E-state index contributed by atoms with van der Waals surface area (Å²) in [5.74, 6) is 0. The van der Waals surface area contributed by atoms with Gasteiger partial charge in [0.05, 0.1) is 35.3 Å². The van der Waals surface area contributed by atoms with Crippen LogP contribution >= 0.6 is 11.3 Å². The number of para-hydroxylation sites is 5. The molecule has 3 N–H and O–H groups in total. The molecule has 7 heteroatoms. The summed E-state index contributed by atoms with van der Waals surface area (Å²) in [5.41, 5.74) is 5.38. The Bertz CT molecular complexity index is 1790. The van der Waals surface area contributed by atoms with Gasteiger partial charge in [-0.15, -0.1) is 11.3 Å². The molecule has 0 aliphatic rings. The van der Waals surface area contributed by atoms with Gasteiger partial charge in [0.25, 0.3) is 0 Å². The van der Waals surface area contributed by atoms with E-state index in [-0.39, 0.29) is 0 Å². The first kappa shape index (κ1) is 29.2. The minimum absolute atomic E-state index is 0.956. The Balaban J connectivity index is 0.0000000992. The molecule has 0 fully saturated rings. The molecule has 0 radical (unpaired) electrons. The molecule has 5 aromatic heterocycles. The van der Waals surface area contributed by atoms with Gasteiger partial charge >= 0.3 is 0 Å². The SMILES string of the molecule is c1ccc2[nH]ccc2c1.c1ccc2[nH]cnc2c1.c1ccc2[nH]ncc2c1.c1ccc2occc2c1.c1ccc2sccc2c1. The van der Waals surface area contributed by atoms with Crippen LogP contribution in [0.1, 0.15) is 0 Å². The Hall–Kier alpha value is -5.92. The van der Waals surface area contributed by atoms with E-state index in [1.807, 2.05) is 103 Å². The molecule has 10 aromatic rings. The van der Waals surface area contributed by atoms with Crippen molar-refractivity contribution in [2.45, 2.75) is 0 Å². The first-order valence-corrected chi connectivity index (χ1v) is 15.3. The number of aromatic amines is 3. The summed E-state index contributed by atoms with van der Waals surface area (Å²) in [5, 5.41) is 13.8. The summed E-state index contributed by atoms with van der Waals surface area (Å²) in [6, 6.07) is 46.7. The minimum Gasteiger partial charge on any atom is -0.464 e. The average Bonchev–Trinajstić information content (AvgIpc) is 3.95. The maximum absolute atomic E-state index is 5.12. The van der Waals surface area contributed by atoms with Gasteiger partial charge in [0.1, 0.15) is 5.58 Å². The van der Waals surface area contributed by atoms with Crippen molar-refractivity contribution in [2.75, 3.05) is 0 Å². The Morgan fingerprint density at radius 1 is 0.533 bits per heavy atom. The highest BCUT2D eigenvalue weighted by atomic mass is 32.1. The van der Waals surface area contributed by atoms with E-state index in [9.17, 15) is 0 Å². The molecular formula is C38H31N5OS. The summed E-state index contributed by atoms with van der Waals surface area (Å²) < 4.78 is 6.49. The van der Waals surface area contributed by atoms with Crippen LogP contribution in [0.2, 0.25) is 0 Å². The van der Waals surface area contributed by atoms with E-state index in [0.29, 0.717) is 0 Å². The number of hydrogen-bond donors (Lipinski definition) is 3. The number of aromatic nitrogens is 5. The Morgan fingerprint density at radius 2 is 1.22 bits per heavy atom. The van der Waals surface area contributed by atoms with Crippen molar-refractivity contribution in [1.29, 1.82) is 0 Å². The molecule has 10 rings (SSSR count). The number of fused-ring (bicyclic) bond motifs is 5. The van der Waals surface area contributed by atoms with Crippen molar-refractivity contribution in [3.05, 3.63) is 170 Å². The summed E-state index contributed by atoms with van der Waals surface area (Å²) in [6.07, 6.45) is 7.16. The van der Waals surface area contributed by atoms with Gasteiger partial charge in [-0.1, -0.05) is 84.9 Å². The highest BCUT2D eigenvalue weighted by Gasteiger charge is 1.91. The lowest BCUT2D eigenvalue weighted by Crippen LogP contribution is -1.63. The number of imidazole rings is 1. The van der Waals surface area contributed by atoms with Gasteiger partial charge < -0.3 is 14.4 Å². The third-order valence-electron chi connectivity index (χ3n) is 6.86. The van der Waals surface area contributed by atoms with Crippen LogP contribution in [0.3, 0.4) is 0 Å². The third-order valence-corrected chi connectivity index (χ3v) is 7.76. The Kier molecular flexibility index (Phi) is 9.72. The lowest BCUT2D eigenvalue weighted by atomic mass is 10.3.